The Hall–Kier alpha value is -1.75. The molecule has 0 bridgehead atoms. The molecule has 5 nitrogen and oxygen atoms in total. The van der Waals surface area contributed by atoms with Crippen molar-refractivity contribution in [3.05, 3.63) is 23.3 Å². The molecule has 0 atom stereocenters. The highest BCUT2D eigenvalue weighted by Crippen LogP contribution is 2.34. The van der Waals surface area contributed by atoms with Crippen LogP contribution >= 0.6 is 0 Å². The molecule has 20 heavy (non-hydrogen) atoms. The van der Waals surface area contributed by atoms with Gasteiger partial charge < -0.3 is 19.5 Å². The zero-order chi connectivity index (χ0) is 14.5. The molecule has 0 unspecified atom stereocenters. The first kappa shape index (κ1) is 14.7. The first-order valence-corrected chi connectivity index (χ1v) is 6.80. The second-order valence-corrected chi connectivity index (χ2v) is 4.77. The van der Waals surface area contributed by atoms with Crippen LogP contribution in [0, 0.1) is 0 Å². The van der Waals surface area contributed by atoms with Gasteiger partial charge in [0.05, 0.1) is 27.4 Å². The molecule has 5 heteroatoms. The molecule has 0 saturated heterocycles. The van der Waals surface area contributed by atoms with Crippen LogP contribution in [0.25, 0.3) is 0 Å². The molecule has 0 amide bonds. The molecule has 0 spiro atoms. The second kappa shape index (κ2) is 6.61. The van der Waals surface area contributed by atoms with Crippen molar-refractivity contribution in [2.75, 3.05) is 27.4 Å². The molecule has 0 heterocycles. The molecule has 0 aliphatic heterocycles. The molecular weight excluding hydrogens is 258 g/mol. The average Bonchev–Trinajstić information content (AvgIpc) is 2.85. The van der Waals surface area contributed by atoms with Gasteiger partial charge in [-0.25, -0.2) is 0 Å². The normalized spacial score (nSPS) is 13.9. The van der Waals surface area contributed by atoms with Crippen LogP contribution in [0.2, 0.25) is 0 Å². The molecule has 1 aliphatic carbocycles. The summed E-state index contributed by atoms with van der Waals surface area (Å²) in [4.78, 5) is 11.3. The van der Waals surface area contributed by atoms with E-state index in [1.807, 2.05) is 19.1 Å². The fourth-order valence-corrected chi connectivity index (χ4v) is 2.53. The zero-order valence-corrected chi connectivity index (χ0v) is 12.2. The van der Waals surface area contributed by atoms with Gasteiger partial charge in [-0.1, -0.05) is 0 Å². The van der Waals surface area contributed by atoms with Crippen molar-refractivity contribution in [3.8, 4) is 11.5 Å². The predicted molar refractivity (Wildman–Crippen MR) is 75.4 cm³/mol. The number of nitrogens with one attached hydrogen (secondary N) is 1. The minimum absolute atomic E-state index is 0.210. The fourth-order valence-electron chi connectivity index (χ4n) is 2.53. The van der Waals surface area contributed by atoms with E-state index in [-0.39, 0.29) is 18.6 Å². The monoisotopic (exact) mass is 279 g/mol. The predicted octanol–water partition coefficient (Wildman–Crippen LogP) is 1.32. The molecule has 0 fully saturated rings. The Bertz CT molecular complexity index is 454. The van der Waals surface area contributed by atoms with E-state index < -0.39 is 0 Å². The highest BCUT2D eigenvalue weighted by molar-refractivity contribution is 5.71. The summed E-state index contributed by atoms with van der Waals surface area (Å²) in [5.41, 5.74) is 2.48. The van der Waals surface area contributed by atoms with Crippen molar-refractivity contribution in [2.45, 2.75) is 25.8 Å². The van der Waals surface area contributed by atoms with Crippen molar-refractivity contribution in [2.24, 2.45) is 0 Å². The number of benzene rings is 1. The van der Waals surface area contributed by atoms with Crippen LogP contribution in [-0.2, 0) is 22.4 Å². The van der Waals surface area contributed by atoms with E-state index in [1.54, 1.807) is 14.2 Å². The molecule has 0 radical (unpaired) electrons. The third-order valence-corrected chi connectivity index (χ3v) is 3.48. The van der Waals surface area contributed by atoms with Gasteiger partial charge >= 0.3 is 5.97 Å². The van der Waals surface area contributed by atoms with Crippen LogP contribution in [0.1, 0.15) is 18.1 Å². The summed E-state index contributed by atoms with van der Waals surface area (Å²) in [6.07, 6.45) is 1.77. The first-order chi connectivity index (χ1) is 9.67. The van der Waals surface area contributed by atoms with Crippen LogP contribution in [0.4, 0.5) is 0 Å². The summed E-state index contributed by atoms with van der Waals surface area (Å²) in [6.45, 7) is 2.47. The quantitative estimate of drug-likeness (QED) is 0.796. The summed E-state index contributed by atoms with van der Waals surface area (Å²) in [7, 11) is 3.27. The maximum absolute atomic E-state index is 11.3. The highest BCUT2D eigenvalue weighted by Gasteiger charge is 2.24. The summed E-state index contributed by atoms with van der Waals surface area (Å²) in [5, 5.41) is 3.23. The maximum Gasteiger partial charge on any atom is 0.319 e. The van der Waals surface area contributed by atoms with Gasteiger partial charge in [0.15, 0.2) is 11.5 Å². The topological polar surface area (TPSA) is 56.8 Å². The number of hydrogen-bond acceptors (Lipinski definition) is 5. The van der Waals surface area contributed by atoms with Gasteiger partial charge in [-0.3, -0.25) is 4.79 Å². The fraction of sp³-hybridized carbons (Fsp3) is 0.533. The summed E-state index contributed by atoms with van der Waals surface area (Å²) >= 11 is 0. The molecule has 110 valence electrons. The third-order valence-electron chi connectivity index (χ3n) is 3.48. The average molecular weight is 279 g/mol. The maximum atomic E-state index is 11.3. The second-order valence-electron chi connectivity index (χ2n) is 4.77. The molecule has 0 saturated carbocycles. The van der Waals surface area contributed by atoms with Crippen molar-refractivity contribution in [1.82, 2.24) is 5.32 Å². The van der Waals surface area contributed by atoms with Crippen molar-refractivity contribution >= 4 is 5.97 Å². The number of carbonyl (C=O) groups excluding carboxylic acids is 1. The van der Waals surface area contributed by atoms with Crippen LogP contribution in [0.5, 0.6) is 11.5 Å². The molecule has 2 rings (SSSR count). The van der Waals surface area contributed by atoms with Gasteiger partial charge in [-0.2, -0.15) is 0 Å². The Balaban J connectivity index is 1.98. The first-order valence-electron chi connectivity index (χ1n) is 6.80. The molecule has 1 N–H and O–H groups in total. The number of carbonyl (C=O) groups is 1. The molecule has 0 aromatic heterocycles. The van der Waals surface area contributed by atoms with Gasteiger partial charge in [0.25, 0.3) is 0 Å². The SMILES string of the molecule is CCOC(=O)CNC1Cc2cc(OC)c(OC)cc2C1. The summed E-state index contributed by atoms with van der Waals surface area (Å²) in [6, 6.07) is 4.28. The minimum atomic E-state index is -0.210. The summed E-state index contributed by atoms with van der Waals surface area (Å²) < 4.78 is 15.5. The molecular formula is C15H21NO4. The Morgan fingerprint density at radius 1 is 1.20 bits per heavy atom. The number of ether oxygens (including phenoxy) is 3. The Kier molecular flexibility index (Phi) is 4.84. The van der Waals surface area contributed by atoms with E-state index in [1.165, 1.54) is 11.1 Å². The van der Waals surface area contributed by atoms with Gasteiger partial charge in [0.2, 0.25) is 0 Å². The lowest BCUT2D eigenvalue weighted by molar-refractivity contribution is -0.142. The van der Waals surface area contributed by atoms with Gasteiger partial charge in [0.1, 0.15) is 0 Å². The van der Waals surface area contributed by atoms with E-state index in [2.05, 4.69) is 5.32 Å². The van der Waals surface area contributed by atoms with Crippen LogP contribution in [0.15, 0.2) is 12.1 Å². The zero-order valence-electron chi connectivity index (χ0n) is 12.2. The van der Waals surface area contributed by atoms with E-state index in [0.29, 0.717) is 6.61 Å². The van der Waals surface area contributed by atoms with Crippen LogP contribution < -0.4 is 14.8 Å². The van der Waals surface area contributed by atoms with Crippen LogP contribution in [-0.4, -0.2) is 39.4 Å². The smallest absolute Gasteiger partial charge is 0.319 e. The van der Waals surface area contributed by atoms with Crippen molar-refractivity contribution in [1.29, 1.82) is 0 Å². The Labute approximate surface area is 119 Å². The van der Waals surface area contributed by atoms with E-state index in [4.69, 9.17) is 14.2 Å². The van der Waals surface area contributed by atoms with E-state index in [9.17, 15) is 4.79 Å². The van der Waals surface area contributed by atoms with Crippen LogP contribution in [0.3, 0.4) is 0 Å². The van der Waals surface area contributed by atoms with Gasteiger partial charge in [-0.15, -0.1) is 0 Å². The van der Waals surface area contributed by atoms with Gasteiger partial charge in [0, 0.05) is 6.04 Å². The Morgan fingerprint density at radius 2 is 1.75 bits per heavy atom. The standard InChI is InChI=1S/C15H21NO4/c1-4-20-15(17)9-16-12-5-10-7-13(18-2)14(19-3)8-11(10)6-12/h7-8,12,16H,4-6,9H2,1-3H3. The lowest BCUT2D eigenvalue weighted by atomic mass is 10.1. The number of rotatable bonds is 6. The Morgan fingerprint density at radius 3 is 2.20 bits per heavy atom. The van der Waals surface area contributed by atoms with Gasteiger partial charge in [-0.05, 0) is 43.0 Å². The minimum Gasteiger partial charge on any atom is -0.493 e. The number of fused-ring (bicyclic) bond motifs is 1. The largest absolute Gasteiger partial charge is 0.493 e. The number of hydrogen-bond donors (Lipinski definition) is 1. The molecule has 1 aromatic carbocycles. The summed E-state index contributed by atoms with van der Waals surface area (Å²) in [5.74, 6) is 1.29. The van der Waals surface area contributed by atoms with E-state index in [0.717, 1.165) is 24.3 Å². The molecule has 1 aliphatic rings. The third kappa shape index (κ3) is 3.22. The number of methoxy groups -OCH3 is 2. The van der Waals surface area contributed by atoms with Crippen molar-refractivity contribution < 1.29 is 19.0 Å². The highest BCUT2D eigenvalue weighted by atomic mass is 16.5. The lowest BCUT2D eigenvalue weighted by Crippen LogP contribution is -2.34. The van der Waals surface area contributed by atoms with Crippen molar-refractivity contribution in [3.63, 3.8) is 0 Å². The van der Waals surface area contributed by atoms with E-state index >= 15 is 0 Å². The lowest BCUT2D eigenvalue weighted by Gasteiger charge is -2.10. The number of esters is 1. The molecule has 1 aromatic rings.